The summed E-state index contributed by atoms with van der Waals surface area (Å²) in [7, 11) is 3.12. The van der Waals surface area contributed by atoms with Crippen LogP contribution in [0.2, 0.25) is 0 Å². The molecule has 2 aromatic carbocycles. The number of nitrogens with zero attached hydrogens (tertiary/aromatic N) is 3. The number of benzene rings is 2. The normalized spacial score (nSPS) is 16.1. The first kappa shape index (κ1) is 19.0. The van der Waals surface area contributed by atoms with E-state index in [1.165, 1.54) is 0 Å². The molecule has 0 bridgehead atoms. The highest BCUT2D eigenvalue weighted by molar-refractivity contribution is 5.97. The van der Waals surface area contributed by atoms with Gasteiger partial charge in [0, 0.05) is 18.2 Å². The fraction of sp³-hybridized carbons (Fsp3) is 0.318. The Labute approximate surface area is 169 Å². The highest BCUT2D eigenvalue weighted by atomic mass is 16.5. The number of hydrogen-bond donors (Lipinski definition) is 0. The van der Waals surface area contributed by atoms with E-state index in [1.54, 1.807) is 37.3 Å². The number of rotatable bonds is 5. The quantitative estimate of drug-likeness (QED) is 0.651. The Morgan fingerprint density at radius 3 is 2.79 bits per heavy atom. The molecule has 1 aromatic heterocycles. The van der Waals surface area contributed by atoms with Gasteiger partial charge in [-0.25, -0.2) is 0 Å². The maximum absolute atomic E-state index is 13.2. The van der Waals surface area contributed by atoms with Crippen LogP contribution in [0, 0.1) is 6.92 Å². The van der Waals surface area contributed by atoms with Crippen LogP contribution in [0.4, 0.5) is 0 Å². The smallest absolute Gasteiger partial charge is 0.258 e. The van der Waals surface area contributed by atoms with E-state index in [1.807, 2.05) is 31.2 Å². The Hall–Kier alpha value is -3.35. The van der Waals surface area contributed by atoms with Gasteiger partial charge in [-0.15, -0.1) is 0 Å². The highest BCUT2D eigenvalue weighted by Crippen LogP contribution is 2.35. The van der Waals surface area contributed by atoms with Gasteiger partial charge in [0.2, 0.25) is 11.7 Å². The second-order valence-electron chi connectivity index (χ2n) is 7.05. The van der Waals surface area contributed by atoms with E-state index in [4.69, 9.17) is 14.0 Å². The number of ether oxygens (including phenoxy) is 2. The monoisotopic (exact) mass is 393 g/mol. The number of aryl methyl sites for hydroxylation is 1. The molecule has 1 atom stereocenters. The molecule has 0 N–H and O–H groups in total. The number of amides is 1. The summed E-state index contributed by atoms with van der Waals surface area (Å²) in [6.45, 7) is 2.64. The lowest BCUT2D eigenvalue weighted by molar-refractivity contribution is 0.0706. The molecule has 0 aliphatic carbocycles. The molecule has 0 radical (unpaired) electrons. The number of hydrogen-bond acceptors (Lipinski definition) is 6. The van der Waals surface area contributed by atoms with Gasteiger partial charge >= 0.3 is 0 Å². The molecule has 2 heterocycles. The first-order valence-electron chi connectivity index (χ1n) is 9.54. The van der Waals surface area contributed by atoms with Gasteiger partial charge in [0.15, 0.2) is 0 Å². The lowest BCUT2D eigenvalue weighted by Gasteiger charge is -2.23. The van der Waals surface area contributed by atoms with Crippen molar-refractivity contribution in [2.75, 3.05) is 20.8 Å². The summed E-state index contributed by atoms with van der Waals surface area (Å²) in [6.07, 6.45) is 1.65. The number of carbonyl (C=O) groups is 1. The van der Waals surface area contributed by atoms with E-state index in [0.717, 1.165) is 24.0 Å². The van der Waals surface area contributed by atoms with Gasteiger partial charge in [-0.1, -0.05) is 28.9 Å². The Kier molecular flexibility index (Phi) is 5.20. The standard InChI is InChI=1S/C22H23N3O4/c1-14-6-4-7-15(12-14)20-23-21(29-24-20)18-8-5-11-25(18)22(26)17-10-9-16(27-2)13-19(17)28-3/h4,6-7,9-10,12-13,18H,5,8,11H2,1-3H3. The average Bonchev–Trinajstić information content (AvgIpc) is 3.42. The molecule has 0 spiro atoms. The molecular formula is C22H23N3O4. The minimum absolute atomic E-state index is 0.123. The first-order valence-corrected chi connectivity index (χ1v) is 9.54. The third-order valence-electron chi connectivity index (χ3n) is 5.16. The van der Waals surface area contributed by atoms with E-state index >= 15 is 0 Å². The Morgan fingerprint density at radius 1 is 1.17 bits per heavy atom. The van der Waals surface area contributed by atoms with Crippen molar-refractivity contribution >= 4 is 5.91 Å². The topological polar surface area (TPSA) is 77.7 Å². The van der Waals surface area contributed by atoms with Crippen LogP contribution in [0.5, 0.6) is 11.5 Å². The second kappa shape index (κ2) is 7.95. The summed E-state index contributed by atoms with van der Waals surface area (Å²) >= 11 is 0. The fourth-order valence-corrected chi connectivity index (χ4v) is 3.67. The van der Waals surface area contributed by atoms with Gasteiger partial charge < -0.3 is 18.9 Å². The van der Waals surface area contributed by atoms with Crippen molar-refractivity contribution in [3.63, 3.8) is 0 Å². The van der Waals surface area contributed by atoms with Crippen LogP contribution in [0.3, 0.4) is 0 Å². The van der Waals surface area contributed by atoms with Gasteiger partial charge in [0.1, 0.15) is 17.5 Å². The molecule has 1 fully saturated rings. The predicted octanol–water partition coefficient (Wildman–Crippen LogP) is 4.04. The molecule has 4 rings (SSSR count). The van der Waals surface area contributed by atoms with E-state index < -0.39 is 0 Å². The third-order valence-corrected chi connectivity index (χ3v) is 5.16. The molecule has 7 nitrogen and oxygen atoms in total. The van der Waals surface area contributed by atoms with Gasteiger partial charge in [0.25, 0.3) is 5.91 Å². The van der Waals surface area contributed by atoms with Gasteiger partial charge in [-0.05, 0) is 38.0 Å². The van der Waals surface area contributed by atoms with Crippen LogP contribution in [0.15, 0.2) is 47.0 Å². The summed E-state index contributed by atoms with van der Waals surface area (Å²) < 4.78 is 16.2. The third kappa shape index (κ3) is 3.68. The Bertz CT molecular complexity index is 1030. The Morgan fingerprint density at radius 2 is 2.03 bits per heavy atom. The molecule has 29 heavy (non-hydrogen) atoms. The summed E-state index contributed by atoms with van der Waals surface area (Å²) in [4.78, 5) is 19.6. The molecular weight excluding hydrogens is 370 g/mol. The number of likely N-dealkylation sites (tertiary alicyclic amines) is 1. The van der Waals surface area contributed by atoms with Crippen molar-refractivity contribution in [2.45, 2.75) is 25.8 Å². The predicted molar refractivity (Wildman–Crippen MR) is 107 cm³/mol. The lowest BCUT2D eigenvalue weighted by atomic mass is 10.1. The second-order valence-corrected chi connectivity index (χ2v) is 7.05. The van der Waals surface area contributed by atoms with Crippen LogP contribution >= 0.6 is 0 Å². The van der Waals surface area contributed by atoms with Gasteiger partial charge in [0.05, 0.1) is 19.8 Å². The maximum Gasteiger partial charge on any atom is 0.258 e. The molecule has 0 saturated carbocycles. The number of aromatic nitrogens is 2. The maximum atomic E-state index is 13.2. The minimum Gasteiger partial charge on any atom is -0.497 e. The Balaban J connectivity index is 1.61. The molecule has 1 amide bonds. The SMILES string of the molecule is COc1ccc(C(=O)N2CCCC2c2nc(-c3cccc(C)c3)no2)c(OC)c1. The van der Waals surface area contributed by atoms with Crippen molar-refractivity contribution in [1.29, 1.82) is 0 Å². The summed E-state index contributed by atoms with van der Waals surface area (Å²) in [6, 6.07) is 12.9. The van der Waals surface area contributed by atoms with E-state index in [9.17, 15) is 4.79 Å². The van der Waals surface area contributed by atoms with Gasteiger partial charge in [-0.2, -0.15) is 4.98 Å². The summed E-state index contributed by atoms with van der Waals surface area (Å²) in [5, 5.41) is 4.13. The van der Waals surface area contributed by atoms with Crippen molar-refractivity contribution in [2.24, 2.45) is 0 Å². The van der Waals surface area contributed by atoms with Crippen LogP contribution in [0.1, 0.15) is 40.7 Å². The van der Waals surface area contributed by atoms with Crippen LogP contribution in [-0.2, 0) is 0 Å². The largest absolute Gasteiger partial charge is 0.497 e. The molecule has 150 valence electrons. The fourth-order valence-electron chi connectivity index (χ4n) is 3.67. The molecule has 7 heteroatoms. The molecule has 1 aliphatic rings. The highest BCUT2D eigenvalue weighted by Gasteiger charge is 2.35. The molecule has 1 unspecified atom stereocenters. The van der Waals surface area contributed by atoms with Gasteiger partial charge in [-0.3, -0.25) is 4.79 Å². The van der Waals surface area contributed by atoms with Crippen LogP contribution in [0.25, 0.3) is 11.4 Å². The van der Waals surface area contributed by atoms with Crippen molar-refractivity contribution in [3.05, 3.63) is 59.5 Å². The first-order chi connectivity index (χ1) is 14.1. The summed E-state index contributed by atoms with van der Waals surface area (Å²) in [5.41, 5.74) is 2.50. The zero-order chi connectivity index (χ0) is 20.4. The van der Waals surface area contributed by atoms with Crippen molar-refractivity contribution in [1.82, 2.24) is 15.0 Å². The van der Waals surface area contributed by atoms with E-state index in [2.05, 4.69) is 10.1 Å². The van der Waals surface area contributed by atoms with E-state index in [-0.39, 0.29) is 11.9 Å². The van der Waals surface area contributed by atoms with Crippen molar-refractivity contribution in [3.8, 4) is 22.9 Å². The average molecular weight is 393 g/mol. The number of carbonyl (C=O) groups excluding carboxylic acids is 1. The minimum atomic E-state index is -0.250. The summed E-state index contributed by atoms with van der Waals surface area (Å²) in [5.74, 6) is 1.98. The zero-order valence-corrected chi connectivity index (χ0v) is 16.7. The zero-order valence-electron chi connectivity index (χ0n) is 16.7. The van der Waals surface area contributed by atoms with E-state index in [0.29, 0.717) is 35.3 Å². The number of methoxy groups -OCH3 is 2. The van der Waals surface area contributed by atoms with Crippen molar-refractivity contribution < 1.29 is 18.8 Å². The molecule has 3 aromatic rings. The molecule has 1 saturated heterocycles. The lowest BCUT2D eigenvalue weighted by Crippen LogP contribution is -2.31. The molecule has 1 aliphatic heterocycles. The van der Waals surface area contributed by atoms with Crippen LogP contribution in [-0.4, -0.2) is 41.7 Å². The van der Waals surface area contributed by atoms with Crippen LogP contribution < -0.4 is 9.47 Å².